The Morgan fingerprint density at radius 1 is 1.43 bits per heavy atom. The highest BCUT2D eigenvalue weighted by Crippen LogP contribution is 2.25. The predicted molar refractivity (Wildman–Crippen MR) is 53.1 cm³/mol. The van der Waals surface area contributed by atoms with Gasteiger partial charge in [0, 0.05) is 6.61 Å². The summed E-state index contributed by atoms with van der Waals surface area (Å²) in [6, 6.07) is 2.91. The first-order valence-electron chi connectivity index (χ1n) is 4.63. The Bertz CT molecular complexity index is 310. The molecule has 0 atom stereocenters. The highest BCUT2D eigenvalue weighted by atomic mass is 19.1. The molecule has 3 heteroatoms. The molecule has 0 aliphatic carbocycles. The Kier molecular flexibility index (Phi) is 3.89. The van der Waals surface area contributed by atoms with Crippen LogP contribution in [0, 0.1) is 12.7 Å². The normalized spacial score (nSPS) is 10.3. The summed E-state index contributed by atoms with van der Waals surface area (Å²) in [5.74, 6) is 0.469. The van der Waals surface area contributed by atoms with Gasteiger partial charge in [0.15, 0.2) is 0 Å². The number of aliphatic hydroxyl groups excluding tert-OH is 1. The van der Waals surface area contributed by atoms with Gasteiger partial charge >= 0.3 is 0 Å². The molecule has 0 saturated heterocycles. The highest BCUT2D eigenvalue weighted by molar-refractivity contribution is 5.41. The fraction of sp³-hybridized carbons (Fsp3) is 0.455. The number of methoxy groups -OCH3 is 1. The Morgan fingerprint density at radius 3 is 2.71 bits per heavy atom. The van der Waals surface area contributed by atoms with E-state index in [1.165, 1.54) is 12.1 Å². The maximum Gasteiger partial charge on any atom is 0.125 e. The van der Waals surface area contributed by atoms with Crippen molar-refractivity contribution >= 4 is 0 Å². The van der Waals surface area contributed by atoms with Crippen LogP contribution in [0.2, 0.25) is 0 Å². The molecule has 0 spiro atoms. The Labute approximate surface area is 83.3 Å². The molecular weight excluding hydrogens is 183 g/mol. The zero-order valence-electron chi connectivity index (χ0n) is 8.51. The lowest BCUT2D eigenvalue weighted by Crippen LogP contribution is -1.98. The molecule has 1 N–H and O–H groups in total. The molecule has 2 nitrogen and oxygen atoms in total. The fourth-order valence-electron chi connectivity index (χ4n) is 1.55. The summed E-state index contributed by atoms with van der Waals surface area (Å²) in [5.41, 5.74) is 1.61. The summed E-state index contributed by atoms with van der Waals surface area (Å²) < 4.78 is 18.2. The van der Waals surface area contributed by atoms with Crippen molar-refractivity contribution in [3.05, 3.63) is 29.1 Å². The summed E-state index contributed by atoms with van der Waals surface area (Å²) in [6.07, 6.45) is 1.26. The number of halogens is 1. The van der Waals surface area contributed by atoms with Gasteiger partial charge < -0.3 is 9.84 Å². The van der Waals surface area contributed by atoms with Crippen LogP contribution in [-0.2, 0) is 6.42 Å². The van der Waals surface area contributed by atoms with Crippen LogP contribution in [-0.4, -0.2) is 18.8 Å². The van der Waals surface area contributed by atoms with Gasteiger partial charge in [0.2, 0.25) is 0 Å². The molecule has 14 heavy (non-hydrogen) atoms. The number of hydrogen-bond donors (Lipinski definition) is 1. The van der Waals surface area contributed by atoms with E-state index in [2.05, 4.69) is 0 Å². The lowest BCUT2D eigenvalue weighted by molar-refractivity contribution is 0.287. The van der Waals surface area contributed by atoms with Crippen LogP contribution in [0.4, 0.5) is 4.39 Å². The standard InChI is InChI=1S/C11H15FO2/c1-8-6-10(12)7-9(4-3-5-13)11(8)14-2/h6-7,13H,3-5H2,1-2H3. The van der Waals surface area contributed by atoms with E-state index in [9.17, 15) is 4.39 Å². The minimum absolute atomic E-state index is 0.110. The second-order valence-corrected chi connectivity index (χ2v) is 3.24. The molecule has 0 unspecified atom stereocenters. The molecule has 0 fully saturated rings. The average Bonchev–Trinajstić information content (AvgIpc) is 2.14. The third-order valence-electron chi connectivity index (χ3n) is 2.12. The molecule has 78 valence electrons. The molecule has 0 aliphatic rings. The Hall–Kier alpha value is -1.09. The first kappa shape index (κ1) is 11.0. The molecule has 0 aromatic heterocycles. The average molecular weight is 198 g/mol. The van der Waals surface area contributed by atoms with E-state index in [4.69, 9.17) is 9.84 Å². The van der Waals surface area contributed by atoms with Gasteiger partial charge in [-0.25, -0.2) is 4.39 Å². The summed E-state index contributed by atoms with van der Waals surface area (Å²) in [6.45, 7) is 1.92. The summed E-state index contributed by atoms with van der Waals surface area (Å²) in [5, 5.41) is 8.70. The van der Waals surface area contributed by atoms with Crippen molar-refractivity contribution in [1.29, 1.82) is 0 Å². The quantitative estimate of drug-likeness (QED) is 0.802. The molecule has 0 heterocycles. The van der Waals surface area contributed by atoms with Crippen molar-refractivity contribution in [2.45, 2.75) is 19.8 Å². The van der Waals surface area contributed by atoms with Crippen LogP contribution >= 0.6 is 0 Å². The van der Waals surface area contributed by atoms with E-state index < -0.39 is 0 Å². The summed E-state index contributed by atoms with van der Waals surface area (Å²) in [4.78, 5) is 0. The molecular formula is C11H15FO2. The van der Waals surface area contributed by atoms with Gasteiger partial charge in [-0.3, -0.25) is 0 Å². The van der Waals surface area contributed by atoms with Crippen LogP contribution in [0.15, 0.2) is 12.1 Å². The van der Waals surface area contributed by atoms with Crippen molar-refractivity contribution in [3.63, 3.8) is 0 Å². The minimum atomic E-state index is -0.253. The molecule has 1 aromatic rings. The SMILES string of the molecule is COc1c(C)cc(F)cc1CCCO. The van der Waals surface area contributed by atoms with E-state index in [-0.39, 0.29) is 12.4 Å². The summed E-state index contributed by atoms with van der Waals surface area (Å²) in [7, 11) is 1.57. The highest BCUT2D eigenvalue weighted by Gasteiger charge is 2.08. The van der Waals surface area contributed by atoms with Gasteiger partial charge in [-0.15, -0.1) is 0 Å². The van der Waals surface area contributed by atoms with Gasteiger partial charge in [0.1, 0.15) is 11.6 Å². The zero-order chi connectivity index (χ0) is 10.6. The van der Waals surface area contributed by atoms with E-state index in [0.29, 0.717) is 12.8 Å². The van der Waals surface area contributed by atoms with Crippen LogP contribution in [0.25, 0.3) is 0 Å². The second-order valence-electron chi connectivity index (χ2n) is 3.24. The Balaban J connectivity index is 2.99. The van der Waals surface area contributed by atoms with E-state index in [1.54, 1.807) is 7.11 Å². The molecule has 0 amide bonds. The van der Waals surface area contributed by atoms with Crippen molar-refractivity contribution < 1.29 is 14.2 Å². The van der Waals surface area contributed by atoms with Crippen LogP contribution in [0.3, 0.4) is 0 Å². The van der Waals surface area contributed by atoms with Crippen LogP contribution in [0.1, 0.15) is 17.5 Å². The van der Waals surface area contributed by atoms with Gasteiger partial charge in [-0.1, -0.05) is 0 Å². The summed E-state index contributed by atoms with van der Waals surface area (Å²) >= 11 is 0. The number of hydrogen-bond acceptors (Lipinski definition) is 2. The van der Waals surface area contributed by atoms with E-state index in [0.717, 1.165) is 16.9 Å². The second kappa shape index (κ2) is 4.96. The number of aliphatic hydroxyl groups is 1. The molecule has 1 aromatic carbocycles. The van der Waals surface area contributed by atoms with Crippen LogP contribution in [0.5, 0.6) is 5.75 Å². The topological polar surface area (TPSA) is 29.5 Å². The molecule has 0 saturated carbocycles. The maximum atomic E-state index is 13.1. The number of aryl methyl sites for hydroxylation is 2. The van der Waals surface area contributed by atoms with Gasteiger partial charge in [-0.2, -0.15) is 0 Å². The lowest BCUT2D eigenvalue weighted by atomic mass is 10.0. The zero-order valence-corrected chi connectivity index (χ0v) is 8.51. The first-order chi connectivity index (χ1) is 6.69. The van der Waals surface area contributed by atoms with Crippen LogP contribution < -0.4 is 4.74 Å². The van der Waals surface area contributed by atoms with Crippen molar-refractivity contribution in [3.8, 4) is 5.75 Å². The third-order valence-corrected chi connectivity index (χ3v) is 2.12. The molecule has 0 radical (unpaired) electrons. The van der Waals surface area contributed by atoms with E-state index >= 15 is 0 Å². The van der Waals surface area contributed by atoms with Crippen molar-refractivity contribution in [2.75, 3.05) is 13.7 Å². The molecule has 0 bridgehead atoms. The van der Waals surface area contributed by atoms with E-state index in [1.807, 2.05) is 6.92 Å². The largest absolute Gasteiger partial charge is 0.496 e. The van der Waals surface area contributed by atoms with Crippen molar-refractivity contribution in [2.24, 2.45) is 0 Å². The van der Waals surface area contributed by atoms with Gasteiger partial charge in [-0.05, 0) is 43.0 Å². The molecule has 1 rings (SSSR count). The third kappa shape index (κ3) is 2.45. The fourth-order valence-corrected chi connectivity index (χ4v) is 1.55. The maximum absolute atomic E-state index is 13.1. The molecule has 0 aliphatic heterocycles. The lowest BCUT2D eigenvalue weighted by Gasteiger charge is -2.10. The van der Waals surface area contributed by atoms with Crippen molar-refractivity contribution in [1.82, 2.24) is 0 Å². The van der Waals surface area contributed by atoms with Gasteiger partial charge in [0.25, 0.3) is 0 Å². The smallest absolute Gasteiger partial charge is 0.125 e. The first-order valence-corrected chi connectivity index (χ1v) is 4.63. The number of benzene rings is 1. The van der Waals surface area contributed by atoms with Gasteiger partial charge in [0.05, 0.1) is 7.11 Å². The minimum Gasteiger partial charge on any atom is -0.496 e. The number of rotatable bonds is 4. The Morgan fingerprint density at radius 2 is 2.14 bits per heavy atom. The number of ether oxygens (including phenoxy) is 1. The monoisotopic (exact) mass is 198 g/mol. The predicted octanol–water partition coefficient (Wildman–Crippen LogP) is 2.07.